The molecule has 0 unspecified atom stereocenters. The Bertz CT molecular complexity index is 379. The van der Waals surface area contributed by atoms with E-state index in [0.717, 1.165) is 12.8 Å². The van der Waals surface area contributed by atoms with Crippen molar-refractivity contribution in [2.24, 2.45) is 0 Å². The zero-order valence-electron chi connectivity index (χ0n) is 20.3. The van der Waals surface area contributed by atoms with Crippen LogP contribution in [0.5, 0.6) is 0 Å². The monoisotopic (exact) mass is 444 g/mol. The van der Waals surface area contributed by atoms with E-state index in [0.29, 0.717) is 6.61 Å². The summed E-state index contributed by atoms with van der Waals surface area (Å²) in [6.45, 7) is 3.12. The average Bonchev–Trinajstić information content (AvgIpc) is 3.10. The van der Waals surface area contributed by atoms with Crippen LogP contribution in [0.3, 0.4) is 0 Å². The van der Waals surface area contributed by atoms with Crippen molar-refractivity contribution in [1.29, 1.82) is 0 Å². The van der Waals surface area contributed by atoms with Crippen LogP contribution in [0.1, 0.15) is 122 Å². The van der Waals surface area contributed by atoms with Crippen LogP contribution in [-0.2, 0) is 9.47 Å². The van der Waals surface area contributed by atoms with Gasteiger partial charge in [-0.1, -0.05) is 116 Å². The van der Waals surface area contributed by atoms with Crippen LogP contribution in [0.25, 0.3) is 0 Å². The van der Waals surface area contributed by atoms with Crippen LogP contribution in [-0.4, -0.2) is 59.6 Å². The van der Waals surface area contributed by atoms with E-state index in [4.69, 9.17) is 9.47 Å². The number of ether oxygens (including phenoxy) is 2. The first-order valence-electron chi connectivity index (χ1n) is 13.4. The van der Waals surface area contributed by atoms with Crippen LogP contribution in [0.15, 0.2) is 0 Å². The number of rotatable bonds is 22. The van der Waals surface area contributed by atoms with Crippen molar-refractivity contribution in [1.82, 2.24) is 0 Å². The van der Waals surface area contributed by atoms with Crippen LogP contribution in [0, 0.1) is 0 Å². The number of aliphatic hydroxyl groups excluding tert-OH is 3. The minimum atomic E-state index is -1.02. The van der Waals surface area contributed by atoms with Crippen molar-refractivity contribution in [2.75, 3.05) is 19.8 Å². The molecule has 1 saturated heterocycles. The number of hydrogen-bond acceptors (Lipinski definition) is 5. The topological polar surface area (TPSA) is 79.2 Å². The Hall–Kier alpha value is -0.200. The minimum absolute atomic E-state index is 0.0716. The highest BCUT2D eigenvalue weighted by Gasteiger charge is 2.39. The van der Waals surface area contributed by atoms with Crippen LogP contribution in [0.4, 0.5) is 0 Å². The lowest BCUT2D eigenvalue weighted by Gasteiger charge is -2.20. The van der Waals surface area contributed by atoms with Gasteiger partial charge in [0.25, 0.3) is 0 Å². The van der Waals surface area contributed by atoms with Gasteiger partial charge in [-0.05, 0) is 6.42 Å². The quantitative estimate of drug-likeness (QED) is 0.191. The molecule has 3 N–H and O–H groups in total. The molecule has 1 rings (SSSR count). The summed E-state index contributed by atoms with van der Waals surface area (Å²) < 4.78 is 10.7. The molecule has 0 bridgehead atoms. The maximum absolute atomic E-state index is 9.97. The van der Waals surface area contributed by atoms with Crippen molar-refractivity contribution in [2.45, 2.75) is 147 Å². The van der Waals surface area contributed by atoms with Gasteiger partial charge in [0.1, 0.15) is 24.4 Å². The standard InChI is InChI=1S/C26H52O5/c1-2-3-4-5-6-7-8-9-10-11-12-13-14-15-16-17-18-19-20-30-21-24(28)26-25(29)23(27)22-31-26/h23-29H,2-22H2,1H3/t23-,24+,25+,26+/m1/s1. The molecule has 0 saturated carbocycles. The van der Waals surface area contributed by atoms with Gasteiger partial charge in [0, 0.05) is 6.61 Å². The van der Waals surface area contributed by atoms with E-state index in [-0.39, 0.29) is 13.2 Å². The van der Waals surface area contributed by atoms with Gasteiger partial charge in [0.05, 0.1) is 13.2 Å². The molecule has 1 aliphatic heterocycles. The molecule has 0 aromatic carbocycles. The molecule has 0 amide bonds. The first-order valence-corrected chi connectivity index (χ1v) is 13.4. The average molecular weight is 445 g/mol. The van der Waals surface area contributed by atoms with Gasteiger partial charge in [-0.25, -0.2) is 0 Å². The van der Waals surface area contributed by atoms with E-state index in [1.54, 1.807) is 0 Å². The predicted molar refractivity (Wildman–Crippen MR) is 127 cm³/mol. The van der Waals surface area contributed by atoms with E-state index >= 15 is 0 Å². The van der Waals surface area contributed by atoms with Gasteiger partial charge in [0.2, 0.25) is 0 Å². The van der Waals surface area contributed by atoms with Crippen LogP contribution in [0.2, 0.25) is 0 Å². The molecule has 5 nitrogen and oxygen atoms in total. The minimum Gasteiger partial charge on any atom is -0.388 e. The molecule has 0 aromatic heterocycles. The van der Waals surface area contributed by atoms with Crippen molar-refractivity contribution in [3.05, 3.63) is 0 Å². The molecule has 1 aliphatic rings. The molecule has 0 aliphatic carbocycles. The predicted octanol–water partition coefficient (Wildman–Crippen LogP) is 5.53. The summed E-state index contributed by atoms with van der Waals surface area (Å²) in [5.41, 5.74) is 0. The first kappa shape index (κ1) is 28.8. The lowest BCUT2D eigenvalue weighted by atomic mass is 10.0. The van der Waals surface area contributed by atoms with Crippen molar-refractivity contribution in [3.63, 3.8) is 0 Å². The normalized spacial score (nSPS) is 22.3. The number of hydrogen-bond donors (Lipinski definition) is 3. The summed E-state index contributed by atoms with van der Waals surface area (Å²) in [6.07, 6.45) is 20.9. The van der Waals surface area contributed by atoms with Crippen LogP contribution >= 0.6 is 0 Å². The molecule has 1 heterocycles. The molecule has 5 heteroatoms. The van der Waals surface area contributed by atoms with Gasteiger partial charge >= 0.3 is 0 Å². The van der Waals surface area contributed by atoms with Gasteiger partial charge in [-0.3, -0.25) is 0 Å². The molecular weight excluding hydrogens is 392 g/mol. The SMILES string of the molecule is CCCCCCCCCCCCCCCCCCCCOC[C@H](O)[C@@H]1OC[C@@H](O)[C@@H]1O. The zero-order chi connectivity index (χ0) is 22.6. The Morgan fingerprint density at radius 1 is 0.710 bits per heavy atom. The third-order valence-corrected chi connectivity index (χ3v) is 6.50. The Balaban J connectivity index is 1.72. The molecule has 0 spiro atoms. The van der Waals surface area contributed by atoms with Gasteiger partial charge in [0.15, 0.2) is 0 Å². The fraction of sp³-hybridized carbons (Fsp3) is 1.00. The Morgan fingerprint density at radius 3 is 1.52 bits per heavy atom. The second-order valence-corrected chi connectivity index (χ2v) is 9.51. The first-order chi connectivity index (χ1) is 15.2. The molecular formula is C26H52O5. The maximum atomic E-state index is 9.97. The summed E-state index contributed by atoms with van der Waals surface area (Å²) in [6, 6.07) is 0. The summed E-state index contributed by atoms with van der Waals surface area (Å²) in [5.74, 6) is 0. The largest absolute Gasteiger partial charge is 0.388 e. The number of unbranched alkanes of at least 4 members (excludes halogenated alkanes) is 17. The Kier molecular flexibility index (Phi) is 19.0. The lowest BCUT2D eigenvalue weighted by Crippen LogP contribution is -2.40. The molecule has 0 radical (unpaired) electrons. The summed E-state index contributed by atoms with van der Waals surface area (Å²) in [5, 5.41) is 29.1. The van der Waals surface area contributed by atoms with Crippen LogP contribution < -0.4 is 0 Å². The van der Waals surface area contributed by atoms with E-state index in [1.165, 1.54) is 103 Å². The summed E-state index contributed by atoms with van der Waals surface area (Å²) in [4.78, 5) is 0. The second kappa shape index (κ2) is 20.4. The Labute approximate surface area is 191 Å². The van der Waals surface area contributed by atoms with Crippen molar-refractivity contribution < 1.29 is 24.8 Å². The lowest BCUT2D eigenvalue weighted by molar-refractivity contribution is -0.0813. The van der Waals surface area contributed by atoms with Gasteiger partial charge < -0.3 is 24.8 Å². The third-order valence-electron chi connectivity index (χ3n) is 6.50. The number of aliphatic hydroxyl groups is 3. The molecule has 1 fully saturated rings. The van der Waals surface area contributed by atoms with Crippen molar-refractivity contribution >= 4 is 0 Å². The smallest absolute Gasteiger partial charge is 0.114 e. The second-order valence-electron chi connectivity index (χ2n) is 9.51. The van der Waals surface area contributed by atoms with E-state index in [1.807, 2.05) is 0 Å². The highest BCUT2D eigenvalue weighted by molar-refractivity contribution is 4.87. The Morgan fingerprint density at radius 2 is 1.13 bits per heavy atom. The molecule has 31 heavy (non-hydrogen) atoms. The fourth-order valence-corrected chi connectivity index (χ4v) is 4.37. The van der Waals surface area contributed by atoms with Gasteiger partial charge in [-0.2, -0.15) is 0 Å². The van der Waals surface area contributed by atoms with Crippen molar-refractivity contribution in [3.8, 4) is 0 Å². The van der Waals surface area contributed by atoms with E-state index in [2.05, 4.69) is 6.92 Å². The zero-order valence-corrected chi connectivity index (χ0v) is 20.3. The summed E-state index contributed by atoms with van der Waals surface area (Å²) >= 11 is 0. The highest BCUT2D eigenvalue weighted by atomic mass is 16.5. The molecule has 0 aromatic rings. The molecule has 4 atom stereocenters. The van der Waals surface area contributed by atoms with Gasteiger partial charge in [-0.15, -0.1) is 0 Å². The fourth-order valence-electron chi connectivity index (χ4n) is 4.37. The van der Waals surface area contributed by atoms with E-state index < -0.39 is 24.4 Å². The highest BCUT2D eigenvalue weighted by Crippen LogP contribution is 2.18. The third kappa shape index (κ3) is 15.3. The van der Waals surface area contributed by atoms with E-state index in [9.17, 15) is 15.3 Å². The summed E-state index contributed by atoms with van der Waals surface area (Å²) in [7, 11) is 0. The molecule has 186 valence electrons. The maximum Gasteiger partial charge on any atom is 0.114 e.